The van der Waals surface area contributed by atoms with E-state index >= 15 is 0 Å². The van der Waals surface area contributed by atoms with E-state index in [-0.39, 0.29) is 24.3 Å². The maximum Gasteiger partial charge on any atom is 0.307 e. The maximum atomic E-state index is 12.6. The molecular weight excluding hydrogens is 342 g/mol. The van der Waals surface area contributed by atoms with E-state index in [1.165, 1.54) is 18.4 Å². The van der Waals surface area contributed by atoms with E-state index in [0.29, 0.717) is 0 Å². The summed E-state index contributed by atoms with van der Waals surface area (Å²) in [4.78, 5) is 26.6. The van der Waals surface area contributed by atoms with Gasteiger partial charge in [0.1, 0.15) is 0 Å². The number of hydrogen-bond donors (Lipinski definition) is 0. The fourth-order valence-electron chi connectivity index (χ4n) is 2.46. The Balaban J connectivity index is 2.14. The van der Waals surface area contributed by atoms with Crippen LogP contribution >= 0.6 is 27.3 Å². The van der Waals surface area contributed by atoms with Gasteiger partial charge in [0.2, 0.25) is 0 Å². The number of aryl methyl sites for hydroxylation is 1. The van der Waals surface area contributed by atoms with Crippen molar-refractivity contribution >= 4 is 39.1 Å². The maximum absolute atomic E-state index is 12.6. The Hall–Kier alpha value is -0.880. The average Bonchev–Trinajstić information content (AvgIpc) is 2.78. The van der Waals surface area contributed by atoms with Gasteiger partial charge >= 0.3 is 5.97 Å². The van der Waals surface area contributed by atoms with Gasteiger partial charge in [-0.25, -0.2) is 0 Å². The lowest BCUT2D eigenvalue weighted by atomic mass is 9.99. The lowest BCUT2D eigenvalue weighted by molar-refractivity contribution is -0.142. The molecule has 2 rings (SSSR count). The number of thiophene rings is 1. The molecule has 1 aromatic heterocycles. The summed E-state index contributed by atoms with van der Waals surface area (Å²) in [6.45, 7) is 2.69. The van der Waals surface area contributed by atoms with Crippen LogP contribution in [0.15, 0.2) is 9.85 Å². The second kappa shape index (κ2) is 6.72. The minimum absolute atomic E-state index is 0.0254. The fourth-order valence-corrected chi connectivity index (χ4v) is 3.95. The molecule has 0 aliphatic carbocycles. The highest BCUT2D eigenvalue weighted by Crippen LogP contribution is 2.30. The summed E-state index contributed by atoms with van der Waals surface area (Å²) in [6, 6.07) is 1.87. The Bertz CT molecular complexity index is 495. The Kier molecular flexibility index (Phi) is 5.21. The molecule has 0 radical (unpaired) electrons. The first-order chi connectivity index (χ1) is 9.52. The molecule has 0 N–H and O–H groups in total. The predicted octanol–water partition coefficient (Wildman–Crippen LogP) is 3.38. The molecular formula is C14H18BrNO3S. The first-order valence-electron chi connectivity index (χ1n) is 6.66. The van der Waals surface area contributed by atoms with E-state index in [9.17, 15) is 9.59 Å². The zero-order valence-corrected chi connectivity index (χ0v) is 14.1. The normalized spacial score (nSPS) is 18.9. The molecule has 2 heterocycles. The highest BCUT2D eigenvalue weighted by Gasteiger charge is 2.30. The van der Waals surface area contributed by atoms with E-state index in [2.05, 4.69) is 15.9 Å². The summed E-state index contributed by atoms with van der Waals surface area (Å²) in [5.41, 5.74) is 1.07. The SMILES string of the molecule is COC(=O)CC1CCCCN1C(=O)c1cc(C)c(Br)s1. The third kappa shape index (κ3) is 3.41. The lowest BCUT2D eigenvalue weighted by Crippen LogP contribution is -2.44. The van der Waals surface area contributed by atoms with Crippen molar-refractivity contribution in [3.8, 4) is 0 Å². The summed E-state index contributed by atoms with van der Waals surface area (Å²) in [7, 11) is 1.39. The van der Waals surface area contributed by atoms with E-state index in [4.69, 9.17) is 4.74 Å². The molecule has 1 aromatic rings. The van der Waals surface area contributed by atoms with Crippen LogP contribution in [0.1, 0.15) is 40.9 Å². The van der Waals surface area contributed by atoms with Crippen LogP contribution < -0.4 is 0 Å². The molecule has 0 aromatic carbocycles. The van der Waals surface area contributed by atoms with Crippen LogP contribution in [0.2, 0.25) is 0 Å². The third-order valence-electron chi connectivity index (χ3n) is 3.59. The molecule has 110 valence electrons. The smallest absolute Gasteiger partial charge is 0.307 e. The van der Waals surface area contributed by atoms with Gasteiger partial charge in [-0.15, -0.1) is 11.3 Å². The second-order valence-electron chi connectivity index (χ2n) is 5.00. The summed E-state index contributed by atoms with van der Waals surface area (Å²) in [5.74, 6) is -0.226. The number of hydrogen-bond acceptors (Lipinski definition) is 4. The molecule has 1 fully saturated rings. The Morgan fingerprint density at radius 2 is 2.25 bits per heavy atom. The number of carbonyl (C=O) groups excluding carboxylic acids is 2. The molecule has 0 spiro atoms. The Morgan fingerprint density at radius 3 is 2.85 bits per heavy atom. The Labute approximate surface area is 131 Å². The molecule has 1 aliphatic rings. The number of piperidine rings is 1. The van der Waals surface area contributed by atoms with Gasteiger partial charge in [-0.3, -0.25) is 9.59 Å². The fraction of sp³-hybridized carbons (Fsp3) is 0.571. The quantitative estimate of drug-likeness (QED) is 0.777. The number of likely N-dealkylation sites (tertiary alicyclic amines) is 1. The number of rotatable bonds is 3. The van der Waals surface area contributed by atoms with Crippen molar-refractivity contribution in [3.63, 3.8) is 0 Å². The van der Waals surface area contributed by atoms with Crippen LogP contribution in [0.3, 0.4) is 0 Å². The first-order valence-corrected chi connectivity index (χ1v) is 8.27. The lowest BCUT2D eigenvalue weighted by Gasteiger charge is -2.34. The van der Waals surface area contributed by atoms with Crippen molar-refractivity contribution in [2.75, 3.05) is 13.7 Å². The molecule has 4 nitrogen and oxygen atoms in total. The number of methoxy groups -OCH3 is 1. The van der Waals surface area contributed by atoms with Crippen molar-refractivity contribution in [1.29, 1.82) is 0 Å². The van der Waals surface area contributed by atoms with Crippen molar-refractivity contribution in [2.24, 2.45) is 0 Å². The second-order valence-corrected chi connectivity index (χ2v) is 7.37. The zero-order chi connectivity index (χ0) is 14.7. The number of esters is 1. The van der Waals surface area contributed by atoms with Gasteiger partial charge in [0.05, 0.1) is 22.2 Å². The van der Waals surface area contributed by atoms with E-state index in [1.54, 1.807) is 0 Å². The van der Waals surface area contributed by atoms with Gasteiger partial charge in [-0.2, -0.15) is 0 Å². The minimum Gasteiger partial charge on any atom is -0.469 e. The molecule has 1 saturated heterocycles. The number of carbonyl (C=O) groups is 2. The topological polar surface area (TPSA) is 46.6 Å². The third-order valence-corrected chi connectivity index (χ3v) is 5.71. The zero-order valence-electron chi connectivity index (χ0n) is 11.6. The van der Waals surface area contributed by atoms with Crippen LogP contribution in [-0.2, 0) is 9.53 Å². The number of nitrogens with zero attached hydrogens (tertiary/aromatic N) is 1. The number of amides is 1. The summed E-state index contributed by atoms with van der Waals surface area (Å²) in [6.07, 6.45) is 3.20. The molecule has 6 heteroatoms. The molecule has 1 aliphatic heterocycles. The van der Waals surface area contributed by atoms with E-state index < -0.39 is 0 Å². The van der Waals surface area contributed by atoms with Gasteiger partial charge in [0.25, 0.3) is 5.91 Å². The molecule has 0 saturated carbocycles. The Morgan fingerprint density at radius 1 is 1.50 bits per heavy atom. The highest BCUT2D eigenvalue weighted by molar-refractivity contribution is 9.11. The monoisotopic (exact) mass is 359 g/mol. The highest BCUT2D eigenvalue weighted by atomic mass is 79.9. The summed E-state index contributed by atoms with van der Waals surface area (Å²) < 4.78 is 5.72. The molecule has 20 heavy (non-hydrogen) atoms. The van der Waals surface area contributed by atoms with Crippen LogP contribution in [0, 0.1) is 6.92 Å². The van der Waals surface area contributed by atoms with Crippen LogP contribution in [0.4, 0.5) is 0 Å². The van der Waals surface area contributed by atoms with Crippen molar-refractivity contribution in [3.05, 3.63) is 20.3 Å². The molecule has 1 unspecified atom stereocenters. The summed E-state index contributed by atoms with van der Waals surface area (Å²) in [5, 5.41) is 0. The van der Waals surface area contributed by atoms with Gasteiger partial charge in [-0.1, -0.05) is 0 Å². The van der Waals surface area contributed by atoms with Gasteiger partial charge in [0.15, 0.2) is 0 Å². The van der Waals surface area contributed by atoms with Crippen LogP contribution in [0.5, 0.6) is 0 Å². The molecule has 1 atom stereocenters. The largest absolute Gasteiger partial charge is 0.469 e. The first kappa shape index (κ1) is 15.5. The number of ether oxygens (including phenoxy) is 1. The van der Waals surface area contributed by atoms with Crippen molar-refractivity contribution in [2.45, 2.75) is 38.6 Å². The van der Waals surface area contributed by atoms with E-state index in [1.807, 2.05) is 17.9 Å². The molecule has 0 bridgehead atoms. The average molecular weight is 360 g/mol. The van der Waals surface area contributed by atoms with Gasteiger partial charge < -0.3 is 9.64 Å². The minimum atomic E-state index is -0.252. The van der Waals surface area contributed by atoms with Gasteiger partial charge in [-0.05, 0) is 53.7 Å². The van der Waals surface area contributed by atoms with Crippen molar-refractivity contribution < 1.29 is 14.3 Å². The predicted molar refractivity (Wildman–Crippen MR) is 82.1 cm³/mol. The van der Waals surface area contributed by atoms with Crippen LogP contribution in [0.25, 0.3) is 0 Å². The summed E-state index contributed by atoms with van der Waals surface area (Å²) >= 11 is 4.90. The van der Waals surface area contributed by atoms with E-state index in [0.717, 1.165) is 40.0 Å². The van der Waals surface area contributed by atoms with Crippen molar-refractivity contribution in [1.82, 2.24) is 4.90 Å². The van der Waals surface area contributed by atoms with Crippen LogP contribution in [-0.4, -0.2) is 36.5 Å². The van der Waals surface area contributed by atoms with Gasteiger partial charge in [0, 0.05) is 12.6 Å². The number of halogens is 1. The molecule has 1 amide bonds. The standard InChI is InChI=1S/C14H18BrNO3S/c1-9-7-11(20-13(9)15)14(18)16-6-4-3-5-10(16)8-12(17)19-2/h7,10H,3-6,8H2,1-2H3.